The molecule has 1 amide bonds. The maximum absolute atomic E-state index is 11.9. The highest BCUT2D eigenvalue weighted by atomic mass is 16.2. The van der Waals surface area contributed by atoms with Crippen molar-refractivity contribution in [2.24, 2.45) is 5.41 Å². The first kappa shape index (κ1) is 16.9. The molecule has 0 radical (unpaired) electrons. The fourth-order valence-electron chi connectivity index (χ4n) is 2.19. The molecule has 0 fully saturated rings. The molecular formula is C18H23N3O2. The topological polar surface area (TPSA) is 64.0 Å². The van der Waals surface area contributed by atoms with E-state index in [-0.39, 0.29) is 6.54 Å². The number of imidazole rings is 1. The lowest BCUT2D eigenvalue weighted by atomic mass is 9.90. The Hall–Kier alpha value is -2.43. The summed E-state index contributed by atoms with van der Waals surface area (Å²) in [5, 5.41) is 2.66. The number of ketones is 1. The van der Waals surface area contributed by atoms with E-state index in [0.29, 0.717) is 0 Å². The normalized spacial score (nSPS) is 11.3. The number of Topliss-reactive ketones (excluding diaryl/α,β-unsaturated/α-hetero) is 1. The average Bonchev–Trinajstić information content (AvgIpc) is 2.97. The number of amides is 1. The van der Waals surface area contributed by atoms with Gasteiger partial charge in [-0.05, 0) is 12.0 Å². The second-order valence-electron chi connectivity index (χ2n) is 6.53. The zero-order valence-electron chi connectivity index (χ0n) is 13.9. The van der Waals surface area contributed by atoms with E-state index in [0.717, 1.165) is 18.8 Å². The van der Waals surface area contributed by atoms with Crippen molar-refractivity contribution in [1.82, 2.24) is 14.9 Å². The van der Waals surface area contributed by atoms with Gasteiger partial charge in [0.1, 0.15) is 5.82 Å². The maximum Gasteiger partial charge on any atom is 0.288 e. The molecular weight excluding hydrogens is 290 g/mol. The van der Waals surface area contributed by atoms with Gasteiger partial charge in [-0.25, -0.2) is 4.98 Å². The SMILES string of the molecule is CC(C)(C)C(=O)C(=O)NCc1nccn1CCc1ccccc1. The molecule has 5 nitrogen and oxygen atoms in total. The smallest absolute Gasteiger partial charge is 0.288 e. The van der Waals surface area contributed by atoms with Gasteiger partial charge in [0.05, 0.1) is 6.54 Å². The molecule has 0 aliphatic rings. The predicted molar refractivity (Wildman–Crippen MR) is 88.7 cm³/mol. The van der Waals surface area contributed by atoms with E-state index in [2.05, 4.69) is 22.4 Å². The van der Waals surface area contributed by atoms with E-state index in [9.17, 15) is 9.59 Å². The lowest BCUT2D eigenvalue weighted by Crippen LogP contribution is -2.38. The second-order valence-corrected chi connectivity index (χ2v) is 6.53. The summed E-state index contributed by atoms with van der Waals surface area (Å²) in [5.74, 6) is -0.231. The first-order chi connectivity index (χ1) is 10.9. The van der Waals surface area contributed by atoms with Gasteiger partial charge < -0.3 is 9.88 Å². The summed E-state index contributed by atoms with van der Waals surface area (Å²) in [6.45, 7) is 6.23. The third kappa shape index (κ3) is 4.77. The molecule has 0 spiro atoms. The second kappa shape index (κ2) is 7.22. The molecule has 1 aromatic carbocycles. The number of carbonyl (C=O) groups excluding carboxylic acids is 2. The van der Waals surface area contributed by atoms with Crippen LogP contribution in [-0.4, -0.2) is 21.2 Å². The first-order valence-electron chi connectivity index (χ1n) is 7.74. The molecule has 2 aromatic rings. The van der Waals surface area contributed by atoms with Crippen LogP contribution in [0.5, 0.6) is 0 Å². The molecule has 0 aliphatic carbocycles. The van der Waals surface area contributed by atoms with Crippen LogP contribution < -0.4 is 5.32 Å². The molecule has 0 saturated carbocycles. The molecule has 0 bridgehead atoms. The highest BCUT2D eigenvalue weighted by molar-refractivity contribution is 6.37. The maximum atomic E-state index is 11.9. The summed E-state index contributed by atoms with van der Waals surface area (Å²) in [5.41, 5.74) is 0.575. The molecule has 0 saturated heterocycles. The van der Waals surface area contributed by atoms with E-state index in [1.54, 1.807) is 27.0 Å². The Kier molecular flexibility index (Phi) is 5.32. The number of hydrogen-bond acceptors (Lipinski definition) is 3. The minimum atomic E-state index is -0.674. The number of carbonyl (C=O) groups is 2. The van der Waals surface area contributed by atoms with Gasteiger partial charge in [-0.3, -0.25) is 9.59 Å². The molecule has 23 heavy (non-hydrogen) atoms. The van der Waals surface area contributed by atoms with Crippen molar-refractivity contribution in [1.29, 1.82) is 0 Å². The van der Waals surface area contributed by atoms with Crippen molar-refractivity contribution < 1.29 is 9.59 Å². The molecule has 1 heterocycles. The Labute approximate surface area is 136 Å². The van der Waals surface area contributed by atoms with Gasteiger partial charge in [-0.15, -0.1) is 0 Å². The van der Waals surface area contributed by atoms with Crippen LogP contribution in [0.25, 0.3) is 0 Å². The van der Waals surface area contributed by atoms with Gasteiger partial charge in [0, 0.05) is 24.4 Å². The van der Waals surface area contributed by atoms with E-state index in [1.807, 2.05) is 29.0 Å². The Morgan fingerprint density at radius 3 is 2.52 bits per heavy atom. The number of benzene rings is 1. The van der Waals surface area contributed by atoms with Crippen molar-refractivity contribution in [3.05, 3.63) is 54.1 Å². The zero-order chi connectivity index (χ0) is 16.9. The van der Waals surface area contributed by atoms with Crippen molar-refractivity contribution in [2.75, 3.05) is 0 Å². The minimum Gasteiger partial charge on any atom is -0.342 e. The summed E-state index contributed by atoms with van der Waals surface area (Å²) in [7, 11) is 0. The van der Waals surface area contributed by atoms with E-state index < -0.39 is 17.1 Å². The van der Waals surface area contributed by atoms with Crippen LogP contribution in [0.15, 0.2) is 42.7 Å². The fourth-order valence-corrected chi connectivity index (χ4v) is 2.19. The lowest BCUT2D eigenvalue weighted by Gasteiger charge is -2.16. The van der Waals surface area contributed by atoms with Crippen molar-refractivity contribution >= 4 is 11.7 Å². The van der Waals surface area contributed by atoms with Crippen LogP contribution in [-0.2, 0) is 29.1 Å². The largest absolute Gasteiger partial charge is 0.342 e. The minimum absolute atomic E-state index is 0.252. The molecule has 1 N–H and O–H groups in total. The zero-order valence-corrected chi connectivity index (χ0v) is 13.9. The summed E-state index contributed by atoms with van der Waals surface area (Å²) in [4.78, 5) is 28.0. The highest BCUT2D eigenvalue weighted by Crippen LogP contribution is 2.14. The van der Waals surface area contributed by atoms with Gasteiger partial charge in [0.15, 0.2) is 0 Å². The van der Waals surface area contributed by atoms with Gasteiger partial charge in [0.25, 0.3) is 5.91 Å². The Balaban J connectivity index is 1.91. The number of aryl methyl sites for hydroxylation is 2. The van der Waals surface area contributed by atoms with Crippen molar-refractivity contribution in [2.45, 2.75) is 40.3 Å². The molecule has 2 rings (SSSR count). The van der Waals surface area contributed by atoms with E-state index in [1.165, 1.54) is 5.56 Å². The van der Waals surface area contributed by atoms with Crippen LogP contribution in [0.2, 0.25) is 0 Å². The van der Waals surface area contributed by atoms with Crippen LogP contribution in [0.3, 0.4) is 0 Å². The van der Waals surface area contributed by atoms with Crippen LogP contribution in [0, 0.1) is 5.41 Å². The highest BCUT2D eigenvalue weighted by Gasteiger charge is 2.28. The number of nitrogens with one attached hydrogen (secondary N) is 1. The van der Waals surface area contributed by atoms with Crippen LogP contribution >= 0.6 is 0 Å². The predicted octanol–water partition coefficient (Wildman–Crippen LogP) is 2.36. The van der Waals surface area contributed by atoms with Gasteiger partial charge in [0.2, 0.25) is 5.78 Å². The molecule has 1 aromatic heterocycles. The number of aromatic nitrogens is 2. The van der Waals surface area contributed by atoms with Gasteiger partial charge in [-0.1, -0.05) is 51.1 Å². The molecule has 122 valence electrons. The lowest BCUT2D eigenvalue weighted by molar-refractivity contribution is -0.142. The molecule has 0 unspecified atom stereocenters. The first-order valence-corrected chi connectivity index (χ1v) is 7.74. The van der Waals surface area contributed by atoms with Crippen LogP contribution in [0.1, 0.15) is 32.2 Å². The molecule has 0 atom stereocenters. The Bertz CT molecular complexity index is 669. The van der Waals surface area contributed by atoms with Gasteiger partial charge in [-0.2, -0.15) is 0 Å². The summed E-state index contributed by atoms with van der Waals surface area (Å²) in [6.07, 6.45) is 4.48. The van der Waals surface area contributed by atoms with E-state index in [4.69, 9.17) is 0 Å². The van der Waals surface area contributed by atoms with E-state index >= 15 is 0 Å². The van der Waals surface area contributed by atoms with Crippen molar-refractivity contribution in [3.63, 3.8) is 0 Å². The summed E-state index contributed by atoms with van der Waals surface area (Å²) >= 11 is 0. The third-order valence-electron chi connectivity index (χ3n) is 3.58. The third-order valence-corrected chi connectivity index (χ3v) is 3.58. The van der Waals surface area contributed by atoms with Gasteiger partial charge >= 0.3 is 0 Å². The molecule has 0 aliphatic heterocycles. The number of nitrogens with zero attached hydrogens (tertiary/aromatic N) is 2. The van der Waals surface area contributed by atoms with Crippen LogP contribution in [0.4, 0.5) is 0 Å². The summed E-state index contributed by atoms with van der Waals surface area (Å²) in [6, 6.07) is 10.2. The Morgan fingerprint density at radius 1 is 1.17 bits per heavy atom. The number of rotatable bonds is 6. The standard InChI is InChI=1S/C18H23N3O2/c1-18(2,3)16(22)17(23)20-13-15-19-10-12-21(15)11-9-14-7-5-4-6-8-14/h4-8,10,12H,9,11,13H2,1-3H3,(H,20,23). The number of hydrogen-bond donors (Lipinski definition) is 1. The Morgan fingerprint density at radius 2 is 1.87 bits per heavy atom. The quantitative estimate of drug-likeness (QED) is 0.833. The monoisotopic (exact) mass is 313 g/mol. The van der Waals surface area contributed by atoms with Crippen molar-refractivity contribution in [3.8, 4) is 0 Å². The molecule has 5 heteroatoms. The fraction of sp³-hybridized carbons (Fsp3) is 0.389. The summed E-state index contributed by atoms with van der Waals surface area (Å²) < 4.78 is 1.99. The average molecular weight is 313 g/mol.